The topological polar surface area (TPSA) is 70.1 Å². The van der Waals surface area contributed by atoms with Crippen LogP contribution in [0.25, 0.3) is 0 Å². The lowest BCUT2D eigenvalue weighted by atomic mass is 10.3. The van der Waals surface area contributed by atoms with Crippen LogP contribution >= 0.6 is 11.8 Å². The SMILES string of the molecule is CCOC(=O)CSc1c(N)c(CC)nn1C. The minimum Gasteiger partial charge on any atom is -0.465 e. The number of thioether (sulfide) groups is 1. The maximum absolute atomic E-state index is 11.2. The molecular formula is C10H17N3O2S. The Labute approximate surface area is 99.3 Å². The normalized spacial score (nSPS) is 10.4. The van der Waals surface area contributed by atoms with Crippen LogP contribution in [0, 0.1) is 0 Å². The summed E-state index contributed by atoms with van der Waals surface area (Å²) in [6, 6.07) is 0. The Kier molecular flexibility index (Phi) is 4.67. The van der Waals surface area contributed by atoms with E-state index in [1.54, 1.807) is 11.6 Å². The Hall–Kier alpha value is -1.17. The number of nitrogen functional groups attached to an aromatic ring is 1. The van der Waals surface area contributed by atoms with E-state index in [0.717, 1.165) is 17.1 Å². The van der Waals surface area contributed by atoms with Gasteiger partial charge in [-0.15, -0.1) is 0 Å². The van der Waals surface area contributed by atoms with Gasteiger partial charge in [-0.05, 0) is 13.3 Å². The first-order valence-corrected chi connectivity index (χ1v) is 6.18. The molecule has 90 valence electrons. The van der Waals surface area contributed by atoms with Gasteiger partial charge in [0.2, 0.25) is 0 Å². The average Bonchev–Trinajstić information content (AvgIpc) is 2.52. The van der Waals surface area contributed by atoms with Crippen LogP contribution in [0.1, 0.15) is 19.5 Å². The lowest BCUT2D eigenvalue weighted by Crippen LogP contribution is -2.07. The Morgan fingerprint density at radius 1 is 1.56 bits per heavy atom. The predicted octanol–water partition coefficient (Wildman–Crippen LogP) is 1.22. The molecule has 0 amide bonds. The molecule has 1 aromatic rings. The van der Waals surface area contributed by atoms with Crippen LogP contribution < -0.4 is 5.73 Å². The number of rotatable bonds is 5. The molecule has 1 heterocycles. The molecule has 6 heteroatoms. The van der Waals surface area contributed by atoms with E-state index >= 15 is 0 Å². The molecule has 0 saturated heterocycles. The summed E-state index contributed by atoms with van der Waals surface area (Å²) in [7, 11) is 1.82. The van der Waals surface area contributed by atoms with E-state index in [1.807, 2.05) is 14.0 Å². The van der Waals surface area contributed by atoms with Crippen molar-refractivity contribution in [1.82, 2.24) is 9.78 Å². The van der Waals surface area contributed by atoms with E-state index in [0.29, 0.717) is 12.3 Å². The van der Waals surface area contributed by atoms with Gasteiger partial charge in [-0.1, -0.05) is 18.7 Å². The summed E-state index contributed by atoms with van der Waals surface area (Å²) in [5.41, 5.74) is 7.45. The monoisotopic (exact) mass is 243 g/mol. The largest absolute Gasteiger partial charge is 0.465 e. The molecule has 0 saturated carbocycles. The van der Waals surface area contributed by atoms with Gasteiger partial charge in [0.1, 0.15) is 5.03 Å². The van der Waals surface area contributed by atoms with E-state index in [-0.39, 0.29) is 11.7 Å². The Bertz CT molecular complexity index is 376. The molecule has 0 bridgehead atoms. The Morgan fingerprint density at radius 3 is 2.75 bits per heavy atom. The van der Waals surface area contributed by atoms with Gasteiger partial charge in [-0.3, -0.25) is 9.48 Å². The van der Waals surface area contributed by atoms with E-state index in [1.165, 1.54) is 11.8 Å². The standard InChI is InChI=1S/C10H17N3O2S/c1-4-7-9(11)10(13(3)12-7)16-6-8(14)15-5-2/h4-6,11H2,1-3H3. The molecule has 1 aromatic heterocycles. The maximum atomic E-state index is 11.2. The molecule has 0 aliphatic heterocycles. The van der Waals surface area contributed by atoms with Gasteiger partial charge in [0.05, 0.1) is 23.7 Å². The van der Waals surface area contributed by atoms with Crippen LogP contribution in [0.4, 0.5) is 5.69 Å². The highest BCUT2D eigenvalue weighted by atomic mass is 32.2. The lowest BCUT2D eigenvalue weighted by molar-refractivity contribution is -0.139. The summed E-state index contributed by atoms with van der Waals surface area (Å²) in [4.78, 5) is 11.2. The predicted molar refractivity (Wildman–Crippen MR) is 64.4 cm³/mol. The molecule has 1 rings (SSSR count). The van der Waals surface area contributed by atoms with Crippen LogP contribution in [0.15, 0.2) is 5.03 Å². The number of anilines is 1. The first-order valence-electron chi connectivity index (χ1n) is 5.19. The number of ether oxygens (including phenoxy) is 1. The molecule has 0 aliphatic rings. The molecular weight excluding hydrogens is 226 g/mol. The van der Waals surface area contributed by atoms with Crippen molar-refractivity contribution in [1.29, 1.82) is 0 Å². The summed E-state index contributed by atoms with van der Waals surface area (Å²) in [6.07, 6.45) is 0.791. The minimum absolute atomic E-state index is 0.230. The average molecular weight is 243 g/mol. The molecule has 0 spiro atoms. The van der Waals surface area contributed by atoms with Gasteiger partial charge in [0.15, 0.2) is 0 Å². The molecule has 0 unspecified atom stereocenters. The minimum atomic E-state index is -0.230. The quantitative estimate of drug-likeness (QED) is 0.622. The van der Waals surface area contributed by atoms with E-state index in [4.69, 9.17) is 10.5 Å². The van der Waals surface area contributed by atoms with Crippen molar-refractivity contribution in [3.63, 3.8) is 0 Å². The fraction of sp³-hybridized carbons (Fsp3) is 0.600. The Morgan fingerprint density at radius 2 is 2.25 bits per heavy atom. The number of nitrogens with zero attached hydrogens (tertiary/aromatic N) is 2. The number of hydrogen-bond donors (Lipinski definition) is 1. The molecule has 2 N–H and O–H groups in total. The van der Waals surface area contributed by atoms with Crippen LogP contribution in [-0.4, -0.2) is 28.1 Å². The zero-order valence-corrected chi connectivity index (χ0v) is 10.6. The van der Waals surface area contributed by atoms with Gasteiger partial charge < -0.3 is 10.5 Å². The summed E-state index contributed by atoms with van der Waals surface area (Å²) in [6.45, 7) is 4.19. The number of carbonyl (C=O) groups is 1. The number of nitrogens with two attached hydrogens (primary N) is 1. The second-order valence-corrected chi connectivity index (χ2v) is 4.20. The van der Waals surface area contributed by atoms with Gasteiger partial charge >= 0.3 is 5.97 Å². The van der Waals surface area contributed by atoms with Crippen molar-refractivity contribution in [3.8, 4) is 0 Å². The first kappa shape index (κ1) is 12.9. The summed E-state index contributed by atoms with van der Waals surface area (Å²) >= 11 is 1.36. The number of hydrogen-bond acceptors (Lipinski definition) is 5. The van der Waals surface area contributed by atoms with Crippen LogP contribution in [-0.2, 0) is 23.0 Å². The number of carbonyl (C=O) groups excluding carboxylic acids is 1. The van der Waals surface area contributed by atoms with Crippen LogP contribution in [0.3, 0.4) is 0 Å². The molecule has 0 aliphatic carbocycles. The van der Waals surface area contributed by atoms with Gasteiger partial charge in [0, 0.05) is 7.05 Å². The summed E-state index contributed by atoms with van der Waals surface area (Å²) in [5, 5.41) is 5.10. The van der Waals surface area contributed by atoms with Gasteiger partial charge in [0.25, 0.3) is 0 Å². The third kappa shape index (κ3) is 2.91. The van der Waals surface area contributed by atoms with E-state index < -0.39 is 0 Å². The number of aryl methyl sites for hydroxylation is 2. The van der Waals surface area contributed by atoms with Crippen molar-refractivity contribution in [2.24, 2.45) is 7.05 Å². The van der Waals surface area contributed by atoms with Gasteiger partial charge in [-0.2, -0.15) is 5.10 Å². The van der Waals surface area contributed by atoms with Crippen molar-refractivity contribution >= 4 is 23.4 Å². The maximum Gasteiger partial charge on any atom is 0.316 e. The van der Waals surface area contributed by atoms with Crippen molar-refractivity contribution in [3.05, 3.63) is 5.69 Å². The van der Waals surface area contributed by atoms with Crippen LogP contribution in [0.2, 0.25) is 0 Å². The molecule has 0 aromatic carbocycles. The van der Waals surface area contributed by atoms with Crippen molar-refractivity contribution < 1.29 is 9.53 Å². The number of aromatic nitrogens is 2. The fourth-order valence-electron chi connectivity index (χ4n) is 1.34. The van der Waals surface area contributed by atoms with Crippen molar-refractivity contribution in [2.45, 2.75) is 25.3 Å². The van der Waals surface area contributed by atoms with E-state index in [9.17, 15) is 4.79 Å². The highest BCUT2D eigenvalue weighted by Crippen LogP contribution is 2.27. The second kappa shape index (κ2) is 5.79. The summed E-state index contributed by atoms with van der Waals surface area (Å²) in [5.74, 6) is 0.0342. The fourth-order valence-corrected chi connectivity index (χ4v) is 2.18. The number of esters is 1. The second-order valence-electron chi connectivity index (χ2n) is 3.24. The van der Waals surface area contributed by atoms with Crippen molar-refractivity contribution in [2.75, 3.05) is 18.1 Å². The first-order chi connectivity index (χ1) is 7.60. The molecule has 0 atom stereocenters. The van der Waals surface area contributed by atoms with Crippen LogP contribution in [0.5, 0.6) is 0 Å². The van der Waals surface area contributed by atoms with E-state index in [2.05, 4.69) is 5.10 Å². The highest BCUT2D eigenvalue weighted by Gasteiger charge is 2.14. The third-order valence-corrected chi connectivity index (χ3v) is 3.21. The zero-order chi connectivity index (χ0) is 12.1. The highest BCUT2D eigenvalue weighted by molar-refractivity contribution is 8.00. The Balaban J connectivity index is 2.66. The summed E-state index contributed by atoms with van der Waals surface area (Å²) < 4.78 is 6.55. The molecule has 5 nitrogen and oxygen atoms in total. The zero-order valence-electron chi connectivity index (χ0n) is 9.82. The molecule has 0 fully saturated rings. The molecule has 16 heavy (non-hydrogen) atoms. The van der Waals surface area contributed by atoms with Gasteiger partial charge in [-0.25, -0.2) is 0 Å². The smallest absolute Gasteiger partial charge is 0.316 e. The molecule has 0 radical (unpaired) electrons. The third-order valence-electron chi connectivity index (χ3n) is 2.07. The lowest BCUT2D eigenvalue weighted by Gasteiger charge is -2.03.